The third kappa shape index (κ3) is 4.58. The second-order valence-electron chi connectivity index (χ2n) is 6.42. The fourth-order valence-corrected chi connectivity index (χ4v) is 3.95. The summed E-state index contributed by atoms with van der Waals surface area (Å²) in [7, 11) is 1.59. The standard InChI is InChI=1S/C22H18ClN3O3S/c1-28-18-9-7-15(8-10-18)20(27)14-30-22-25-24-21(16-4-2-5-17(23)12-16)26(22)13-19-6-3-11-29-19/h2-12H,13-14H2,1H3. The molecule has 0 N–H and O–H groups in total. The fraction of sp³-hybridized carbons (Fsp3) is 0.136. The first kappa shape index (κ1) is 20.3. The zero-order chi connectivity index (χ0) is 20.9. The Morgan fingerprint density at radius 3 is 2.67 bits per heavy atom. The van der Waals surface area contributed by atoms with E-state index in [0.717, 1.165) is 11.3 Å². The molecule has 4 aromatic rings. The fourth-order valence-electron chi connectivity index (χ4n) is 2.93. The minimum atomic E-state index is -0.000456. The number of furan rings is 1. The molecule has 0 bridgehead atoms. The largest absolute Gasteiger partial charge is 0.497 e. The molecule has 8 heteroatoms. The lowest BCUT2D eigenvalue weighted by molar-refractivity contribution is 0.102. The molecule has 0 unspecified atom stereocenters. The highest BCUT2D eigenvalue weighted by Crippen LogP contribution is 2.27. The molecule has 4 rings (SSSR count). The number of thioether (sulfide) groups is 1. The van der Waals surface area contributed by atoms with Crippen molar-refractivity contribution in [1.29, 1.82) is 0 Å². The Kier molecular flexibility index (Phi) is 6.21. The second-order valence-corrected chi connectivity index (χ2v) is 7.80. The van der Waals surface area contributed by atoms with Crippen LogP contribution in [-0.4, -0.2) is 33.4 Å². The molecule has 0 spiro atoms. The number of carbonyl (C=O) groups excluding carboxylic acids is 1. The van der Waals surface area contributed by atoms with E-state index >= 15 is 0 Å². The van der Waals surface area contributed by atoms with Crippen molar-refractivity contribution in [3.8, 4) is 17.1 Å². The predicted molar refractivity (Wildman–Crippen MR) is 116 cm³/mol. The van der Waals surface area contributed by atoms with Crippen molar-refractivity contribution in [2.45, 2.75) is 11.7 Å². The molecule has 30 heavy (non-hydrogen) atoms. The minimum absolute atomic E-state index is 0.000456. The van der Waals surface area contributed by atoms with Crippen LogP contribution >= 0.6 is 23.4 Å². The highest BCUT2D eigenvalue weighted by atomic mass is 35.5. The van der Waals surface area contributed by atoms with E-state index in [1.54, 1.807) is 37.6 Å². The quantitative estimate of drug-likeness (QED) is 0.277. The number of ketones is 1. The number of hydrogen-bond donors (Lipinski definition) is 0. The zero-order valence-corrected chi connectivity index (χ0v) is 17.7. The van der Waals surface area contributed by atoms with Gasteiger partial charge in [0.05, 0.1) is 25.7 Å². The normalized spacial score (nSPS) is 10.9. The van der Waals surface area contributed by atoms with Crippen LogP contribution in [0.25, 0.3) is 11.4 Å². The van der Waals surface area contributed by atoms with Gasteiger partial charge in [-0.05, 0) is 48.5 Å². The Hall–Kier alpha value is -3.03. The van der Waals surface area contributed by atoms with Crippen LogP contribution in [0.2, 0.25) is 5.02 Å². The third-order valence-electron chi connectivity index (χ3n) is 4.44. The molecule has 0 aliphatic heterocycles. The van der Waals surface area contributed by atoms with Crippen molar-refractivity contribution in [1.82, 2.24) is 14.8 Å². The van der Waals surface area contributed by atoms with Crippen LogP contribution in [0.15, 0.2) is 76.5 Å². The molecule has 0 fully saturated rings. The van der Waals surface area contributed by atoms with E-state index in [2.05, 4.69) is 10.2 Å². The van der Waals surface area contributed by atoms with E-state index in [9.17, 15) is 4.79 Å². The average molecular weight is 440 g/mol. The van der Waals surface area contributed by atoms with Gasteiger partial charge >= 0.3 is 0 Å². The average Bonchev–Trinajstić information content (AvgIpc) is 3.42. The first-order chi connectivity index (χ1) is 14.6. The predicted octanol–water partition coefficient (Wildman–Crippen LogP) is 5.22. The summed E-state index contributed by atoms with van der Waals surface area (Å²) in [6.45, 7) is 0.445. The summed E-state index contributed by atoms with van der Waals surface area (Å²) in [5.41, 5.74) is 1.46. The maximum absolute atomic E-state index is 12.6. The van der Waals surface area contributed by atoms with Gasteiger partial charge in [-0.1, -0.05) is 35.5 Å². The van der Waals surface area contributed by atoms with Gasteiger partial charge < -0.3 is 9.15 Å². The Morgan fingerprint density at radius 1 is 1.13 bits per heavy atom. The van der Waals surface area contributed by atoms with Gasteiger partial charge in [-0.15, -0.1) is 10.2 Å². The van der Waals surface area contributed by atoms with Crippen LogP contribution in [0.4, 0.5) is 0 Å². The molecule has 0 saturated carbocycles. The molecule has 152 valence electrons. The van der Waals surface area contributed by atoms with E-state index < -0.39 is 0 Å². The number of Topliss-reactive ketones (excluding diaryl/α,β-unsaturated/α-hetero) is 1. The highest BCUT2D eigenvalue weighted by Gasteiger charge is 2.18. The van der Waals surface area contributed by atoms with Crippen LogP contribution in [-0.2, 0) is 6.54 Å². The van der Waals surface area contributed by atoms with Crippen molar-refractivity contribution < 1.29 is 13.9 Å². The molecular weight excluding hydrogens is 422 g/mol. The lowest BCUT2D eigenvalue weighted by Crippen LogP contribution is -2.06. The summed E-state index contributed by atoms with van der Waals surface area (Å²) < 4.78 is 12.6. The van der Waals surface area contributed by atoms with Gasteiger partial charge in [-0.2, -0.15) is 0 Å². The molecule has 0 saturated heterocycles. The summed E-state index contributed by atoms with van der Waals surface area (Å²) in [5, 5.41) is 9.90. The molecule has 6 nitrogen and oxygen atoms in total. The zero-order valence-electron chi connectivity index (χ0n) is 16.1. The number of ether oxygens (including phenoxy) is 1. The molecule has 0 aliphatic carbocycles. The van der Waals surface area contributed by atoms with Crippen LogP contribution in [0.1, 0.15) is 16.1 Å². The lowest BCUT2D eigenvalue weighted by Gasteiger charge is -2.09. The number of nitrogens with zero attached hydrogens (tertiary/aromatic N) is 3. The highest BCUT2D eigenvalue weighted by molar-refractivity contribution is 7.99. The number of aromatic nitrogens is 3. The molecular formula is C22H18ClN3O3S. The molecule has 0 atom stereocenters. The first-order valence-electron chi connectivity index (χ1n) is 9.15. The van der Waals surface area contributed by atoms with Gasteiger partial charge in [0.1, 0.15) is 11.5 Å². The van der Waals surface area contributed by atoms with E-state index in [0.29, 0.717) is 33.9 Å². The Morgan fingerprint density at radius 2 is 1.97 bits per heavy atom. The van der Waals surface area contributed by atoms with Crippen LogP contribution in [0, 0.1) is 0 Å². The van der Waals surface area contributed by atoms with Gasteiger partial charge in [0.2, 0.25) is 0 Å². The van der Waals surface area contributed by atoms with E-state index in [-0.39, 0.29) is 11.5 Å². The maximum Gasteiger partial charge on any atom is 0.192 e. The van der Waals surface area contributed by atoms with Crippen LogP contribution in [0.3, 0.4) is 0 Å². The maximum atomic E-state index is 12.6. The van der Waals surface area contributed by atoms with E-state index in [1.807, 2.05) is 41.0 Å². The number of benzene rings is 2. The molecule has 2 heterocycles. The summed E-state index contributed by atoms with van der Waals surface area (Å²) in [4.78, 5) is 12.6. The summed E-state index contributed by atoms with van der Waals surface area (Å²) in [6, 6.07) is 18.2. The number of carbonyl (C=O) groups is 1. The van der Waals surface area contributed by atoms with Gasteiger partial charge in [0.15, 0.2) is 16.8 Å². The molecule has 0 amide bonds. The topological polar surface area (TPSA) is 70.2 Å². The van der Waals surface area contributed by atoms with Crippen molar-refractivity contribution in [2.75, 3.05) is 12.9 Å². The van der Waals surface area contributed by atoms with E-state index in [1.165, 1.54) is 11.8 Å². The summed E-state index contributed by atoms with van der Waals surface area (Å²) in [5.74, 6) is 2.37. The monoisotopic (exact) mass is 439 g/mol. The van der Waals surface area contributed by atoms with Crippen molar-refractivity contribution in [3.05, 3.63) is 83.3 Å². The molecule has 2 aromatic carbocycles. The lowest BCUT2D eigenvalue weighted by atomic mass is 10.1. The van der Waals surface area contributed by atoms with E-state index in [4.69, 9.17) is 20.8 Å². The number of rotatable bonds is 8. The Labute approximate surface area is 182 Å². The molecule has 0 aliphatic rings. The van der Waals surface area contributed by atoms with Crippen molar-refractivity contribution in [3.63, 3.8) is 0 Å². The molecule has 2 aromatic heterocycles. The number of halogens is 1. The van der Waals surface area contributed by atoms with Gasteiger partial charge in [0.25, 0.3) is 0 Å². The van der Waals surface area contributed by atoms with Crippen molar-refractivity contribution >= 4 is 29.1 Å². The second kappa shape index (κ2) is 9.19. The Bertz CT molecular complexity index is 1140. The summed E-state index contributed by atoms with van der Waals surface area (Å²) >= 11 is 7.49. The van der Waals surface area contributed by atoms with Crippen molar-refractivity contribution in [2.24, 2.45) is 0 Å². The molecule has 0 radical (unpaired) electrons. The first-order valence-corrected chi connectivity index (χ1v) is 10.5. The van der Waals surface area contributed by atoms with Gasteiger partial charge in [0, 0.05) is 16.1 Å². The minimum Gasteiger partial charge on any atom is -0.497 e. The summed E-state index contributed by atoms with van der Waals surface area (Å²) in [6.07, 6.45) is 1.62. The number of hydrogen-bond acceptors (Lipinski definition) is 6. The van der Waals surface area contributed by atoms with Gasteiger partial charge in [-0.25, -0.2) is 0 Å². The van der Waals surface area contributed by atoms with Crippen LogP contribution in [0.5, 0.6) is 5.75 Å². The smallest absolute Gasteiger partial charge is 0.192 e. The van der Waals surface area contributed by atoms with Crippen LogP contribution < -0.4 is 4.74 Å². The third-order valence-corrected chi connectivity index (χ3v) is 5.64. The van der Waals surface area contributed by atoms with Gasteiger partial charge in [-0.3, -0.25) is 9.36 Å². The number of methoxy groups -OCH3 is 1. The Balaban J connectivity index is 1.58. The SMILES string of the molecule is COc1ccc(C(=O)CSc2nnc(-c3cccc(Cl)c3)n2Cc2ccco2)cc1.